The van der Waals surface area contributed by atoms with Crippen molar-refractivity contribution in [2.45, 2.75) is 19.4 Å². The molecule has 1 N–H and O–H groups in total. The Morgan fingerprint density at radius 3 is 2.33 bits per heavy atom. The van der Waals surface area contributed by atoms with Gasteiger partial charge in [0.1, 0.15) is 11.8 Å². The van der Waals surface area contributed by atoms with Gasteiger partial charge < -0.3 is 9.26 Å². The van der Waals surface area contributed by atoms with E-state index in [0.29, 0.717) is 12.2 Å². The number of hydrogen-bond donors (Lipinski definition) is 1. The first kappa shape index (κ1) is 18.5. The van der Waals surface area contributed by atoms with Gasteiger partial charge in [-0.05, 0) is 24.6 Å². The Bertz CT molecular complexity index is 696. The van der Waals surface area contributed by atoms with Crippen LogP contribution < -0.4 is 9.61 Å². The highest BCUT2D eigenvalue weighted by molar-refractivity contribution is 7.84. The summed E-state index contributed by atoms with van der Waals surface area (Å²) in [6.45, 7) is -1.93. The Hall–Kier alpha value is -1.81. The molecule has 0 bridgehead atoms. The van der Waals surface area contributed by atoms with Crippen LogP contribution in [-0.2, 0) is 20.5 Å². The maximum absolute atomic E-state index is 12.2. The van der Waals surface area contributed by atoms with Gasteiger partial charge in [-0.15, -0.1) is 0 Å². The molecule has 0 aliphatic rings. The van der Waals surface area contributed by atoms with Crippen LogP contribution >= 0.6 is 18.1 Å². The second kappa shape index (κ2) is 8.88. The normalized spacial score (nSPS) is 14.4. The molecule has 2 aromatic rings. The topological polar surface area (TPSA) is 64.6 Å². The van der Waals surface area contributed by atoms with Crippen molar-refractivity contribution in [3.8, 4) is 5.75 Å². The zero-order chi connectivity index (χ0) is 17.4. The number of ether oxygens (including phenoxy) is 1. The van der Waals surface area contributed by atoms with Crippen LogP contribution in [-0.4, -0.2) is 18.6 Å². The average molecular weight is 368 g/mol. The first-order chi connectivity index (χ1) is 11.5. The van der Waals surface area contributed by atoms with Gasteiger partial charge in [-0.2, -0.15) is 0 Å². The molecular weight excluding hydrogens is 349 g/mol. The van der Waals surface area contributed by atoms with Crippen molar-refractivity contribution in [2.24, 2.45) is 0 Å². The molecule has 0 radical (unpaired) electrons. The van der Waals surface area contributed by atoms with Gasteiger partial charge in [0, 0.05) is 17.7 Å². The summed E-state index contributed by atoms with van der Waals surface area (Å²) >= 11 is 5.85. The summed E-state index contributed by atoms with van der Waals surface area (Å²) < 4.78 is 22.6. The van der Waals surface area contributed by atoms with Gasteiger partial charge in [-0.25, -0.2) is 9.65 Å². The van der Waals surface area contributed by atoms with Crippen LogP contribution in [0, 0.1) is 0 Å². The van der Waals surface area contributed by atoms with E-state index in [-0.39, 0.29) is 6.61 Å². The van der Waals surface area contributed by atoms with Gasteiger partial charge in [-0.3, -0.25) is 4.79 Å². The third kappa shape index (κ3) is 6.36. The molecule has 7 heteroatoms. The van der Waals surface area contributed by atoms with E-state index in [2.05, 4.69) is 5.09 Å². The number of halogens is 1. The van der Waals surface area contributed by atoms with E-state index in [1.807, 2.05) is 30.3 Å². The Morgan fingerprint density at radius 2 is 1.71 bits per heavy atom. The van der Waals surface area contributed by atoms with Crippen LogP contribution in [0.5, 0.6) is 5.75 Å². The molecule has 128 valence electrons. The second-order valence-electron chi connectivity index (χ2n) is 5.14. The number of rotatable bonds is 8. The van der Waals surface area contributed by atoms with Crippen LogP contribution in [0.1, 0.15) is 12.5 Å². The van der Waals surface area contributed by atoms with Crippen LogP contribution in [0.2, 0.25) is 0 Å². The summed E-state index contributed by atoms with van der Waals surface area (Å²) in [5.74, 6) is -0.184. The summed E-state index contributed by atoms with van der Waals surface area (Å²) in [5.41, 5.74) is 1.07. The number of nitrogens with one attached hydrogen (secondary N) is 1. The molecule has 0 aliphatic heterocycles. The highest BCUT2D eigenvalue weighted by atomic mass is 35.7. The lowest BCUT2D eigenvalue weighted by atomic mass is 10.2. The number of benzene rings is 2. The smallest absolute Gasteiger partial charge is 0.409 e. The SMILES string of the molecule is C[C@H](NP(=O)(Cl)Oc1ccccc1)C(=O)OCCc1ccccc1. The largest absolute Gasteiger partial charge is 0.464 e. The Labute approximate surface area is 146 Å². The molecule has 0 saturated carbocycles. The molecule has 0 aromatic heterocycles. The molecule has 0 spiro atoms. The van der Waals surface area contributed by atoms with Gasteiger partial charge in [0.2, 0.25) is 0 Å². The molecular formula is C17H19ClNO4P. The van der Waals surface area contributed by atoms with Crippen LogP contribution in [0.3, 0.4) is 0 Å². The fourth-order valence-electron chi connectivity index (χ4n) is 1.97. The number of hydrogen-bond acceptors (Lipinski definition) is 4. The number of esters is 1. The summed E-state index contributed by atoms with van der Waals surface area (Å²) in [6, 6.07) is 17.3. The van der Waals surface area contributed by atoms with Gasteiger partial charge in [-0.1, -0.05) is 48.5 Å². The number of carbonyl (C=O) groups excluding carboxylic acids is 1. The first-order valence-corrected chi connectivity index (χ1v) is 10.0. The van der Waals surface area contributed by atoms with Crippen LogP contribution in [0.15, 0.2) is 60.7 Å². The highest BCUT2D eigenvalue weighted by Crippen LogP contribution is 2.48. The molecule has 24 heavy (non-hydrogen) atoms. The maximum atomic E-state index is 12.2. The summed E-state index contributed by atoms with van der Waals surface area (Å²) in [6.07, 6.45) is 0.609. The maximum Gasteiger partial charge on any atom is 0.409 e. The third-order valence-electron chi connectivity index (χ3n) is 3.15. The van der Waals surface area contributed by atoms with E-state index in [1.54, 1.807) is 30.3 Å². The Morgan fingerprint density at radius 1 is 1.12 bits per heavy atom. The molecule has 1 unspecified atom stereocenters. The van der Waals surface area contributed by atoms with E-state index in [1.165, 1.54) is 6.92 Å². The lowest BCUT2D eigenvalue weighted by Gasteiger charge is -2.18. The highest BCUT2D eigenvalue weighted by Gasteiger charge is 2.28. The third-order valence-corrected chi connectivity index (χ3v) is 4.79. The molecule has 0 heterocycles. The van der Waals surface area contributed by atoms with Crippen molar-refractivity contribution in [1.29, 1.82) is 0 Å². The minimum Gasteiger partial charge on any atom is -0.464 e. The molecule has 2 rings (SSSR count). The minimum atomic E-state index is -3.69. The lowest BCUT2D eigenvalue weighted by Crippen LogP contribution is -2.33. The van der Waals surface area contributed by atoms with Crippen molar-refractivity contribution < 1.29 is 18.6 Å². The average Bonchev–Trinajstić information content (AvgIpc) is 2.55. The van der Waals surface area contributed by atoms with Gasteiger partial charge >= 0.3 is 12.8 Å². The minimum absolute atomic E-state index is 0.237. The zero-order valence-electron chi connectivity index (χ0n) is 13.2. The van der Waals surface area contributed by atoms with E-state index in [0.717, 1.165) is 5.56 Å². The molecule has 2 atom stereocenters. The first-order valence-electron chi connectivity index (χ1n) is 7.49. The molecule has 0 amide bonds. The van der Waals surface area contributed by atoms with E-state index in [4.69, 9.17) is 20.5 Å². The lowest BCUT2D eigenvalue weighted by molar-refractivity contribution is -0.145. The standard InChI is InChI=1S/C17H19ClNO4P/c1-14(17(20)22-13-12-15-8-4-2-5-9-15)19-24(18,21)23-16-10-6-3-7-11-16/h2-11,14H,12-13H2,1H3,(H,19,21)/t14-,24?/m0/s1. The van der Waals surface area contributed by atoms with Crippen LogP contribution in [0.4, 0.5) is 0 Å². The van der Waals surface area contributed by atoms with Crippen molar-refractivity contribution in [3.05, 3.63) is 66.2 Å². The van der Waals surface area contributed by atoms with E-state index >= 15 is 0 Å². The number of para-hydroxylation sites is 1. The zero-order valence-corrected chi connectivity index (χ0v) is 14.9. The number of carbonyl (C=O) groups is 1. The van der Waals surface area contributed by atoms with Crippen molar-refractivity contribution in [1.82, 2.24) is 5.09 Å². The van der Waals surface area contributed by atoms with Crippen molar-refractivity contribution >= 4 is 24.1 Å². The predicted octanol–water partition coefficient (Wildman–Crippen LogP) is 4.18. The van der Waals surface area contributed by atoms with Crippen LogP contribution in [0.25, 0.3) is 0 Å². The Kier molecular flexibility index (Phi) is 6.85. The van der Waals surface area contributed by atoms with E-state index in [9.17, 15) is 9.36 Å². The molecule has 0 fully saturated rings. The molecule has 5 nitrogen and oxygen atoms in total. The summed E-state index contributed by atoms with van der Waals surface area (Å²) in [4.78, 5) is 11.9. The monoisotopic (exact) mass is 367 g/mol. The fourth-order valence-corrected chi connectivity index (χ4v) is 3.66. The fraction of sp³-hybridized carbons (Fsp3) is 0.235. The summed E-state index contributed by atoms with van der Waals surface area (Å²) in [7, 11) is 0. The second-order valence-corrected chi connectivity index (χ2v) is 7.87. The molecule has 0 aliphatic carbocycles. The summed E-state index contributed by atoms with van der Waals surface area (Å²) in [5, 5.41) is 2.48. The van der Waals surface area contributed by atoms with Gasteiger partial charge in [0.25, 0.3) is 0 Å². The molecule has 0 saturated heterocycles. The van der Waals surface area contributed by atoms with Gasteiger partial charge in [0.15, 0.2) is 0 Å². The van der Waals surface area contributed by atoms with Crippen molar-refractivity contribution in [2.75, 3.05) is 6.61 Å². The van der Waals surface area contributed by atoms with Gasteiger partial charge in [0.05, 0.1) is 6.61 Å². The van der Waals surface area contributed by atoms with Crippen molar-refractivity contribution in [3.63, 3.8) is 0 Å². The Balaban J connectivity index is 1.79. The molecule has 2 aromatic carbocycles. The van der Waals surface area contributed by atoms with E-state index < -0.39 is 18.9 Å². The quantitative estimate of drug-likeness (QED) is 0.560. The predicted molar refractivity (Wildman–Crippen MR) is 94.2 cm³/mol.